The van der Waals surface area contributed by atoms with Gasteiger partial charge >= 0.3 is 0 Å². The highest BCUT2D eigenvalue weighted by molar-refractivity contribution is 5.96. The largest absolute Gasteiger partial charge is 0.382 e. The van der Waals surface area contributed by atoms with Gasteiger partial charge in [-0.3, -0.25) is 4.79 Å². The predicted molar refractivity (Wildman–Crippen MR) is 139 cm³/mol. The van der Waals surface area contributed by atoms with Gasteiger partial charge in [0, 0.05) is 24.7 Å². The van der Waals surface area contributed by atoms with Crippen LogP contribution in [-0.4, -0.2) is 22.4 Å². The molecular formula is C29H29N5O. The average molecular weight is 464 g/mol. The molecule has 0 saturated heterocycles. The van der Waals surface area contributed by atoms with Crippen molar-refractivity contribution in [2.24, 2.45) is 0 Å². The van der Waals surface area contributed by atoms with E-state index in [-0.39, 0.29) is 17.4 Å². The number of aryl methyl sites for hydroxylation is 1. The number of benzene rings is 3. The zero-order valence-electron chi connectivity index (χ0n) is 19.6. The third-order valence-corrected chi connectivity index (χ3v) is 6.47. The van der Waals surface area contributed by atoms with Gasteiger partial charge < -0.3 is 16.4 Å². The number of nitrogen functional groups attached to an aromatic ring is 1. The lowest BCUT2D eigenvalue weighted by Gasteiger charge is -2.15. The van der Waals surface area contributed by atoms with Gasteiger partial charge in [-0.15, -0.1) is 0 Å². The van der Waals surface area contributed by atoms with E-state index in [0.717, 1.165) is 42.5 Å². The molecule has 6 nitrogen and oxygen atoms in total. The highest BCUT2D eigenvalue weighted by Gasteiger charge is 2.21. The van der Waals surface area contributed by atoms with Crippen LogP contribution < -0.4 is 16.4 Å². The number of amides is 1. The third-order valence-electron chi connectivity index (χ3n) is 6.47. The second-order valence-corrected chi connectivity index (χ2v) is 8.85. The summed E-state index contributed by atoms with van der Waals surface area (Å²) in [6.45, 7) is 1.25. The number of nitrogens with two attached hydrogens (primary N) is 1. The zero-order valence-corrected chi connectivity index (χ0v) is 19.6. The maximum Gasteiger partial charge on any atom is 0.273 e. The Labute approximate surface area is 205 Å². The Hall–Kier alpha value is -4.03. The van der Waals surface area contributed by atoms with E-state index in [2.05, 4.69) is 57.0 Å². The van der Waals surface area contributed by atoms with E-state index in [1.165, 1.54) is 11.1 Å². The van der Waals surface area contributed by atoms with E-state index < -0.39 is 0 Å². The number of anilines is 1. The van der Waals surface area contributed by atoms with Crippen LogP contribution in [0.3, 0.4) is 0 Å². The van der Waals surface area contributed by atoms with E-state index in [4.69, 9.17) is 5.73 Å². The fourth-order valence-electron chi connectivity index (χ4n) is 4.60. The smallest absolute Gasteiger partial charge is 0.273 e. The van der Waals surface area contributed by atoms with Crippen LogP contribution in [0.15, 0.2) is 85.1 Å². The molecule has 4 aromatic rings. The van der Waals surface area contributed by atoms with Crippen molar-refractivity contribution in [3.63, 3.8) is 0 Å². The van der Waals surface area contributed by atoms with Gasteiger partial charge in [0.15, 0.2) is 11.5 Å². The molecule has 0 saturated carbocycles. The summed E-state index contributed by atoms with van der Waals surface area (Å²) in [7, 11) is 0. The molecule has 1 atom stereocenters. The number of rotatable bonds is 8. The summed E-state index contributed by atoms with van der Waals surface area (Å²) in [4.78, 5) is 21.6. The van der Waals surface area contributed by atoms with E-state index >= 15 is 0 Å². The molecule has 1 aromatic heterocycles. The molecule has 6 heteroatoms. The Morgan fingerprint density at radius 1 is 0.971 bits per heavy atom. The number of hydrogen-bond donors (Lipinski definition) is 3. The van der Waals surface area contributed by atoms with Gasteiger partial charge in [0.05, 0.1) is 11.9 Å². The number of carbonyl (C=O) groups excluding carboxylic acids is 1. The number of carbonyl (C=O) groups is 1. The highest BCUT2D eigenvalue weighted by atomic mass is 16.1. The minimum Gasteiger partial charge on any atom is -0.382 e. The molecule has 5 rings (SSSR count). The monoisotopic (exact) mass is 463 g/mol. The van der Waals surface area contributed by atoms with Crippen molar-refractivity contribution in [3.05, 3.63) is 113 Å². The van der Waals surface area contributed by atoms with Crippen molar-refractivity contribution >= 4 is 11.7 Å². The first-order valence-corrected chi connectivity index (χ1v) is 12.0. The maximum absolute atomic E-state index is 12.8. The Kier molecular flexibility index (Phi) is 6.82. The van der Waals surface area contributed by atoms with Crippen molar-refractivity contribution in [3.8, 4) is 11.3 Å². The normalized spacial score (nSPS) is 14.5. The molecule has 3 aromatic carbocycles. The number of nitrogens with zero attached hydrogens (tertiary/aromatic N) is 2. The molecule has 1 heterocycles. The fourth-order valence-corrected chi connectivity index (χ4v) is 4.60. The summed E-state index contributed by atoms with van der Waals surface area (Å²) in [5.74, 6) is -0.186. The highest BCUT2D eigenvalue weighted by Crippen LogP contribution is 2.31. The first-order chi connectivity index (χ1) is 17.2. The molecule has 1 aliphatic rings. The van der Waals surface area contributed by atoms with Crippen LogP contribution in [0.4, 0.5) is 5.82 Å². The second kappa shape index (κ2) is 10.5. The summed E-state index contributed by atoms with van der Waals surface area (Å²) in [5.41, 5.74) is 12.8. The molecule has 4 N–H and O–H groups in total. The standard InChI is InChI=1S/C29H29N5O/c30-28-27(29(35)31-16-15-20-7-2-1-3-8-20)34-26(19-33-28)23-11-6-9-21(17-23)18-32-25-14-13-22-10-4-5-12-24(22)25/h1-12,17,19,25,32H,13-16,18H2,(H2,30,33)(H,31,35)/t25-/m0/s1. The van der Waals surface area contributed by atoms with Gasteiger partial charge in [0.1, 0.15) is 0 Å². The molecule has 0 unspecified atom stereocenters. The Balaban J connectivity index is 1.25. The van der Waals surface area contributed by atoms with Crippen LogP contribution >= 0.6 is 0 Å². The van der Waals surface area contributed by atoms with Gasteiger partial charge in [0.25, 0.3) is 5.91 Å². The van der Waals surface area contributed by atoms with Gasteiger partial charge in [-0.05, 0) is 47.6 Å². The van der Waals surface area contributed by atoms with Crippen molar-refractivity contribution < 1.29 is 4.79 Å². The molecular weight excluding hydrogens is 434 g/mol. The summed E-state index contributed by atoms with van der Waals surface area (Å²) >= 11 is 0. The first kappa shape index (κ1) is 22.7. The molecule has 176 valence electrons. The molecule has 0 fully saturated rings. The third kappa shape index (κ3) is 5.39. The molecule has 0 aliphatic heterocycles. The number of fused-ring (bicyclic) bond motifs is 1. The average Bonchev–Trinajstić information content (AvgIpc) is 3.31. The minimum atomic E-state index is -0.314. The zero-order chi connectivity index (χ0) is 24.0. The summed E-state index contributed by atoms with van der Waals surface area (Å²) in [6, 6.07) is 27.2. The summed E-state index contributed by atoms with van der Waals surface area (Å²) in [5, 5.41) is 6.59. The van der Waals surface area contributed by atoms with E-state index in [0.29, 0.717) is 18.3 Å². The van der Waals surface area contributed by atoms with E-state index in [1.54, 1.807) is 6.20 Å². The van der Waals surface area contributed by atoms with Crippen molar-refractivity contribution in [1.82, 2.24) is 20.6 Å². The Morgan fingerprint density at radius 3 is 2.66 bits per heavy atom. The summed E-state index contributed by atoms with van der Waals surface area (Å²) < 4.78 is 0. The Morgan fingerprint density at radius 2 is 1.77 bits per heavy atom. The van der Waals surface area contributed by atoms with Crippen LogP contribution in [0, 0.1) is 0 Å². The van der Waals surface area contributed by atoms with Gasteiger partial charge in [-0.25, -0.2) is 9.97 Å². The number of nitrogens with one attached hydrogen (secondary N) is 2. The van der Waals surface area contributed by atoms with Crippen LogP contribution in [0.2, 0.25) is 0 Å². The molecule has 0 radical (unpaired) electrons. The lowest BCUT2D eigenvalue weighted by Crippen LogP contribution is -2.28. The topological polar surface area (TPSA) is 92.9 Å². The SMILES string of the molecule is Nc1ncc(-c2cccc(CN[C@H]3CCc4ccccc43)c2)nc1C(=O)NCCc1ccccc1. The van der Waals surface area contributed by atoms with E-state index in [9.17, 15) is 4.79 Å². The van der Waals surface area contributed by atoms with Crippen molar-refractivity contribution in [2.45, 2.75) is 31.8 Å². The van der Waals surface area contributed by atoms with Crippen LogP contribution in [0.5, 0.6) is 0 Å². The second-order valence-electron chi connectivity index (χ2n) is 8.85. The van der Waals surface area contributed by atoms with Crippen LogP contribution in [-0.2, 0) is 19.4 Å². The lowest BCUT2D eigenvalue weighted by atomic mass is 10.1. The lowest BCUT2D eigenvalue weighted by molar-refractivity contribution is 0.0950. The first-order valence-electron chi connectivity index (χ1n) is 12.0. The molecule has 0 spiro atoms. The van der Waals surface area contributed by atoms with E-state index in [1.807, 2.05) is 42.5 Å². The predicted octanol–water partition coefficient (Wildman–Crippen LogP) is 4.48. The maximum atomic E-state index is 12.8. The summed E-state index contributed by atoms with van der Waals surface area (Å²) in [6.07, 6.45) is 4.59. The van der Waals surface area contributed by atoms with Crippen molar-refractivity contribution in [1.29, 1.82) is 0 Å². The van der Waals surface area contributed by atoms with Crippen LogP contribution in [0.25, 0.3) is 11.3 Å². The minimum absolute atomic E-state index is 0.128. The fraction of sp³-hybridized carbons (Fsp3) is 0.207. The van der Waals surface area contributed by atoms with Crippen molar-refractivity contribution in [2.75, 3.05) is 12.3 Å². The molecule has 35 heavy (non-hydrogen) atoms. The van der Waals surface area contributed by atoms with Gasteiger partial charge in [0.2, 0.25) is 0 Å². The molecule has 1 amide bonds. The quantitative estimate of drug-likeness (QED) is 0.358. The number of aromatic nitrogens is 2. The van der Waals surface area contributed by atoms with Crippen LogP contribution in [0.1, 0.15) is 45.2 Å². The van der Waals surface area contributed by atoms with Gasteiger partial charge in [-0.1, -0.05) is 72.8 Å². The Bertz CT molecular complexity index is 1320. The number of hydrogen-bond acceptors (Lipinski definition) is 5. The molecule has 1 aliphatic carbocycles. The molecule has 0 bridgehead atoms. The van der Waals surface area contributed by atoms with Gasteiger partial charge in [-0.2, -0.15) is 0 Å².